The second-order valence-electron chi connectivity index (χ2n) is 4.64. The summed E-state index contributed by atoms with van der Waals surface area (Å²) in [6.07, 6.45) is 2.22. The smallest absolute Gasteiger partial charge is 0.147 e. The van der Waals surface area contributed by atoms with Crippen LogP contribution < -0.4 is 5.32 Å². The highest BCUT2D eigenvalue weighted by molar-refractivity contribution is 9.10. The maximum absolute atomic E-state index is 13.5. The van der Waals surface area contributed by atoms with Crippen LogP contribution in [-0.4, -0.2) is 6.04 Å². The van der Waals surface area contributed by atoms with Crippen LogP contribution in [0.1, 0.15) is 33.6 Å². The fourth-order valence-corrected chi connectivity index (χ4v) is 1.86. The first-order chi connectivity index (χ1) is 7.49. The molecule has 0 aromatic heterocycles. The molecule has 0 aliphatic rings. The first-order valence-electron chi connectivity index (χ1n) is 5.70. The molecule has 1 rings (SSSR count). The molecule has 0 aliphatic heterocycles. The average molecular weight is 288 g/mol. The molecule has 1 unspecified atom stereocenters. The minimum absolute atomic E-state index is 0.203. The lowest BCUT2D eigenvalue weighted by Gasteiger charge is -2.16. The number of hydrogen-bond acceptors (Lipinski definition) is 1. The normalized spacial score (nSPS) is 12.9. The topological polar surface area (TPSA) is 12.0 Å². The van der Waals surface area contributed by atoms with E-state index in [1.54, 1.807) is 6.07 Å². The molecule has 16 heavy (non-hydrogen) atoms. The van der Waals surface area contributed by atoms with E-state index < -0.39 is 0 Å². The van der Waals surface area contributed by atoms with Gasteiger partial charge < -0.3 is 5.32 Å². The number of halogens is 2. The van der Waals surface area contributed by atoms with Crippen molar-refractivity contribution in [1.82, 2.24) is 0 Å². The van der Waals surface area contributed by atoms with Gasteiger partial charge >= 0.3 is 0 Å². The van der Waals surface area contributed by atoms with Crippen LogP contribution in [0.25, 0.3) is 0 Å². The first-order valence-corrected chi connectivity index (χ1v) is 6.50. The van der Waals surface area contributed by atoms with Crippen LogP contribution >= 0.6 is 15.9 Å². The number of benzene rings is 1. The van der Waals surface area contributed by atoms with Crippen molar-refractivity contribution in [3.63, 3.8) is 0 Å². The quantitative estimate of drug-likeness (QED) is 0.818. The summed E-state index contributed by atoms with van der Waals surface area (Å²) < 4.78 is 14.3. The van der Waals surface area contributed by atoms with E-state index in [0.29, 0.717) is 17.6 Å². The van der Waals surface area contributed by atoms with Crippen LogP contribution in [0.4, 0.5) is 10.1 Å². The zero-order chi connectivity index (χ0) is 12.1. The van der Waals surface area contributed by atoms with Crippen molar-refractivity contribution < 1.29 is 4.39 Å². The van der Waals surface area contributed by atoms with Gasteiger partial charge in [0.1, 0.15) is 5.82 Å². The largest absolute Gasteiger partial charge is 0.380 e. The van der Waals surface area contributed by atoms with Crippen molar-refractivity contribution in [3.05, 3.63) is 28.5 Å². The Kier molecular flexibility index (Phi) is 5.26. The minimum Gasteiger partial charge on any atom is -0.380 e. The molecule has 1 aromatic rings. The fraction of sp³-hybridized carbons (Fsp3) is 0.538. The van der Waals surface area contributed by atoms with Crippen molar-refractivity contribution >= 4 is 21.6 Å². The Bertz CT molecular complexity index is 339. The molecule has 0 saturated heterocycles. The Morgan fingerprint density at radius 1 is 1.25 bits per heavy atom. The monoisotopic (exact) mass is 287 g/mol. The molecular formula is C13H19BrFN. The average Bonchev–Trinajstić information content (AvgIpc) is 2.19. The number of hydrogen-bond donors (Lipinski definition) is 1. The van der Waals surface area contributed by atoms with Gasteiger partial charge in [-0.15, -0.1) is 0 Å². The number of anilines is 1. The fourth-order valence-electron chi connectivity index (χ4n) is 1.53. The van der Waals surface area contributed by atoms with E-state index >= 15 is 0 Å². The van der Waals surface area contributed by atoms with Gasteiger partial charge in [-0.25, -0.2) is 4.39 Å². The number of nitrogens with one attached hydrogen (secondary N) is 1. The summed E-state index contributed by atoms with van der Waals surface area (Å²) in [5.74, 6) is 0.491. The van der Waals surface area contributed by atoms with Gasteiger partial charge in [-0.3, -0.25) is 0 Å². The molecular weight excluding hydrogens is 269 g/mol. The van der Waals surface area contributed by atoms with E-state index in [1.165, 1.54) is 6.07 Å². The number of rotatable bonds is 5. The highest BCUT2D eigenvalue weighted by Gasteiger charge is 2.07. The molecule has 0 bridgehead atoms. The predicted molar refractivity (Wildman–Crippen MR) is 71.3 cm³/mol. The zero-order valence-corrected chi connectivity index (χ0v) is 11.6. The molecule has 1 N–H and O–H groups in total. The van der Waals surface area contributed by atoms with Gasteiger partial charge in [0.05, 0.1) is 5.69 Å². The summed E-state index contributed by atoms with van der Waals surface area (Å²) in [7, 11) is 0. The van der Waals surface area contributed by atoms with Gasteiger partial charge in [0.2, 0.25) is 0 Å². The molecule has 1 aromatic carbocycles. The van der Waals surface area contributed by atoms with Crippen LogP contribution in [0, 0.1) is 11.7 Å². The Morgan fingerprint density at radius 2 is 1.94 bits per heavy atom. The molecule has 0 fully saturated rings. The van der Waals surface area contributed by atoms with Gasteiger partial charge in [0.25, 0.3) is 0 Å². The second-order valence-corrected chi connectivity index (χ2v) is 5.56. The molecule has 1 atom stereocenters. The van der Waals surface area contributed by atoms with Crippen molar-refractivity contribution in [2.24, 2.45) is 5.92 Å². The maximum Gasteiger partial charge on any atom is 0.147 e. The molecule has 0 saturated carbocycles. The highest BCUT2D eigenvalue weighted by Crippen LogP contribution is 2.21. The van der Waals surface area contributed by atoms with E-state index in [0.717, 1.165) is 17.3 Å². The van der Waals surface area contributed by atoms with Crippen molar-refractivity contribution in [2.45, 2.75) is 39.7 Å². The van der Waals surface area contributed by atoms with Crippen LogP contribution in [0.2, 0.25) is 0 Å². The molecule has 0 spiro atoms. The predicted octanol–water partition coefficient (Wildman–Crippen LogP) is 4.82. The van der Waals surface area contributed by atoms with Crippen molar-refractivity contribution in [3.8, 4) is 0 Å². The maximum atomic E-state index is 13.5. The summed E-state index contributed by atoms with van der Waals surface area (Å²) in [5.41, 5.74) is 0.583. The lowest BCUT2D eigenvalue weighted by molar-refractivity contribution is 0.525. The minimum atomic E-state index is -0.203. The van der Waals surface area contributed by atoms with E-state index in [4.69, 9.17) is 0 Å². The summed E-state index contributed by atoms with van der Waals surface area (Å²) in [4.78, 5) is 0. The van der Waals surface area contributed by atoms with Gasteiger partial charge in [-0.05, 0) is 43.9 Å². The lowest BCUT2D eigenvalue weighted by Crippen LogP contribution is -2.16. The van der Waals surface area contributed by atoms with Crippen LogP contribution in [0.15, 0.2) is 22.7 Å². The van der Waals surface area contributed by atoms with Crippen LogP contribution in [-0.2, 0) is 0 Å². The third-order valence-corrected chi connectivity index (χ3v) is 3.00. The van der Waals surface area contributed by atoms with E-state index in [2.05, 4.69) is 42.0 Å². The second kappa shape index (κ2) is 6.24. The third kappa shape index (κ3) is 4.52. The van der Waals surface area contributed by atoms with Crippen LogP contribution in [0.3, 0.4) is 0 Å². The Balaban J connectivity index is 2.52. The standard InChI is InChI=1S/C13H19BrFN/c1-9(2)4-5-10(3)16-13-7-6-11(14)8-12(13)15/h6-10,16H,4-5H2,1-3H3. The van der Waals surface area contributed by atoms with Gasteiger partial charge in [0, 0.05) is 10.5 Å². The van der Waals surface area contributed by atoms with Gasteiger partial charge in [-0.1, -0.05) is 29.8 Å². The summed E-state index contributed by atoms with van der Waals surface area (Å²) >= 11 is 3.24. The Labute approximate surface area is 106 Å². The molecule has 1 nitrogen and oxygen atoms in total. The highest BCUT2D eigenvalue weighted by atomic mass is 79.9. The molecule has 3 heteroatoms. The molecule has 0 amide bonds. The SMILES string of the molecule is CC(C)CCC(C)Nc1ccc(Br)cc1F. The van der Waals surface area contributed by atoms with E-state index in [9.17, 15) is 4.39 Å². The molecule has 0 heterocycles. The summed E-state index contributed by atoms with van der Waals surface area (Å²) in [6.45, 7) is 6.49. The van der Waals surface area contributed by atoms with Gasteiger partial charge in [0.15, 0.2) is 0 Å². The molecule has 0 aliphatic carbocycles. The summed E-state index contributed by atoms with van der Waals surface area (Å²) in [5, 5.41) is 3.20. The summed E-state index contributed by atoms with van der Waals surface area (Å²) in [6, 6.07) is 5.40. The Hall–Kier alpha value is -0.570. The van der Waals surface area contributed by atoms with E-state index in [-0.39, 0.29) is 5.82 Å². The third-order valence-electron chi connectivity index (χ3n) is 2.51. The van der Waals surface area contributed by atoms with Gasteiger partial charge in [-0.2, -0.15) is 0 Å². The lowest BCUT2D eigenvalue weighted by atomic mass is 10.0. The van der Waals surface area contributed by atoms with E-state index in [1.807, 2.05) is 6.07 Å². The van der Waals surface area contributed by atoms with Crippen molar-refractivity contribution in [1.29, 1.82) is 0 Å². The Morgan fingerprint density at radius 3 is 2.50 bits per heavy atom. The van der Waals surface area contributed by atoms with Crippen LogP contribution in [0.5, 0.6) is 0 Å². The van der Waals surface area contributed by atoms with Crippen molar-refractivity contribution in [2.75, 3.05) is 5.32 Å². The zero-order valence-electron chi connectivity index (χ0n) is 10.1. The first kappa shape index (κ1) is 13.5. The molecule has 90 valence electrons. The molecule has 0 radical (unpaired) electrons.